The number of nitrogens with zero attached hydrogens (tertiary/aromatic N) is 3. The topological polar surface area (TPSA) is 84.4 Å². The van der Waals surface area contributed by atoms with E-state index in [1.165, 1.54) is 12.1 Å². The van der Waals surface area contributed by atoms with E-state index in [2.05, 4.69) is 15.2 Å². The minimum absolute atomic E-state index is 0.0323. The van der Waals surface area contributed by atoms with Crippen molar-refractivity contribution >= 4 is 22.8 Å². The third-order valence-corrected chi connectivity index (χ3v) is 3.18. The summed E-state index contributed by atoms with van der Waals surface area (Å²) < 4.78 is 5.66. The van der Waals surface area contributed by atoms with Crippen LogP contribution < -0.4 is 10.2 Å². The van der Waals surface area contributed by atoms with Crippen LogP contribution in [0.3, 0.4) is 0 Å². The van der Waals surface area contributed by atoms with Crippen LogP contribution in [0.15, 0.2) is 22.6 Å². The van der Waals surface area contributed by atoms with Crippen LogP contribution in [0, 0.1) is 10.1 Å². The lowest BCUT2D eigenvalue weighted by molar-refractivity contribution is -0.384. The number of hydrogen-bond acceptors (Lipinski definition) is 6. The highest BCUT2D eigenvalue weighted by atomic mass is 16.6. The number of nitrogens with one attached hydrogen (secondary N) is 1. The van der Waals surface area contributed by atoms with Gasteiger partial charge in [-0.05, 0) is 19.0 Å². The van der Waals surface area contributed by atoms with E-state index in [0.717, 1.165) is 32.6 Å². The van der Waals surface area contributed by atoms with Crippen molar-refractivity contribution in [2.45, 2.75) is 6.42 Å². The van der Waals surface area contributed by atoms with Crippen molar-refractivity contribution in [3.8, 4) is 0 Å². The van der Waals surface area contributed by atoms with Crippen molar-refractivity contribution in [3.63, 3.8) is 0 Å². The molecule has 19 heavy (non-hydrogen) atoms. The predicted molar refractivity (Wildman–Crippen MR) is 70.4 cm³/mol. The van der Waals surface area contributed by atoms with Crippen LogP contribution in [0.4, 0.5) is 11.7 Å². The van der Waals surface area contributed by atoms with E-state index in [0.29, 0.717) is 17.1 Å². The second-order valence-electron chi connectivity index (χ2n) is 4.50. The van der Waals surface area contributed by atoms with E-state index in [-0.39, 0.29) is 5.69 Å². The summed E-state index contributed by atoms with van der Waals surface area (Å²) in [5, 5.41) is 14.0. The molecule has 1 aromatic carbocycles. The summed E-state index contributed by atoms with van der Waals surface area (Å²) in [5.74, 6) is 0. The van der Waals surface area contributed by atoms with Crippen molar-refractivity contribution < 1.29 is 9.34 Å². The van der Waals surface area contributed by atoms with Gasteiger partial charge in [0.2, 0.25) is 0 Å². The fourth-order valence-electron chi connectivity index (χ4n) is 2.19. The molecular weight excluding hydrogens is 248 g/mol. The van der Waals surface area contributed by atoms with Crippen molar-refractivity contribution in [1.29, 1.82) is 0 Å². The summed E-state index contributed by atoms with van der Waals surface area (Å²) in [7, 11) is 0. The van der Waals surface area contributed by atoms with E-state index in [1.807, 2.05) is 0 Å². The minimum atomic E-state index is -0.427. The molecular formula is C12H14N4O3. The highest BCUT2D eigenvalue weighted by Gasteiger charge is 2.17. The van der Waals surface area contributed by atoms with Crippen LogP contribution in [-0.2, 0) is 0 Å². The van der Waals surface area contributed by atoms with Crippen LogP contribution in [0.2, 0.25) is 0 Å². The molecule has 1 aliphatic heterocycles. The second kappa shape index (κ2) is 4.85. The van der Waals surface area contributed by atoms with Gasteiger partial charge >= 0.3 is 0 Å². The highest BCUT2D eigenvalue weighted by Crippen LogP contribution is 2.25. The zero-order chi connectivity index (χ0) is 13.2. The van der Waals surface area contributed by atoms with Gasteiger partial charge in [0.05, 0.1) is 4.92 Å². The van der Waals surface area contributed by atoms with Gasteiger partial charge in [-0.15, -0.1) is 0 Å². The Balaban J connectivity index is 1.94. The molecule has 2 aromatic rings. The molecule has 3 rings (SSSR count). The Hall–Kier alpha value is -2.15. The third-order valence-electron chi connectivity index (χ3n) is 3.18. The first-order chi connectivity index (χ1) is 9.24. The Bertz CT molecular complexity index is 602. The summed E-state index contributed by atoms with van der Waals surface area (Å²) in [6.07, 6.45) is 1.03. The molecule has 1 saturated heterocycles. The van der Waals surface area contributed by atoms with Gasteiger partial charge in [-0.2, -0.15) is 4.98 Å². The minimum Gasteiger partial charge on any atom is -0.423 e. The Labute approximate surface area is 109 Å². The maximum Gasteiger partial charge on any atom is 0.298 e. The highest BCUT2D eigenvalue weighted by molar-refractivity contribution is 5.77. The van der Waals surface area contributed by atoms with Crippen LogP contribution in [0.25, 0.3) is 11.1 Å². The first-order valence-electron chi connectivity index (χ1n) is 6.25. The zero-order valence-electron chi connectivity index (χ0n) is 10.3. The van der Waals surface area contributed by atoms with Gasteiger partial charge in [-0.25, -0.2) is 0 Å². The molecule has 0 aliphatic carbocycles. The van der Waals surface area contributed by atoms with Gasteiger partial charge in [0.25, 0.3) is 11.7 Å². The predicted octanol–water partition coefficient (Wildman–Crippen LogP) is 1.54. The Kier molecular flexibility index (Phi) is 3.04. The van der Waals surface area contributed by atoms with Crippen molar-refractivity contribution in [2.24, 2.45) is 0 Å². The zero-order valence-corrected chi connectivity index (χ0v) is 10.3. The molecule has 7 nitrogen and oxygen atoms in total. The Morgan fingerprint density at radius 3 is 3.11 bits per heavy atom. The van der Waals surface area contributed by atoms with E-state index in [1.54, 1.807) is 6.07 Å². The quantitative estimate of drug-likeness (QED) is 0.652. The number of fused-ring (bicyclic) bond motifs is 1. The van der Waals surface area contributed by atoms with E-state index < -0.39 is 4.92 Å². The number of nitro groups is 1. The Morgan fingerprint density at radius 1 is 1.37 bits per heavy atom. The normalized spacial score (nSPS) is 16.5. The first kappa shape index (κ1) is 11.9. The van der Waals surface area contributed by atoms with Crippen molar-refractivity contribution in [3.05, 3.63) is 28.3 Å². The number of aromatic nitrogens is 1. The second-order valence-corrected chi connectivity index (χ2v) is 4.50. The molecule has 7 heteroatoms. The van der Waals surface area contributed by atoms with Gasteiger partial charge in [-0.1, -0.05) is 0 Å². The van der Waals surface area contributed by atoms with Gasteiger partial charge in [0.15, 0.2) is 5.58 Å². The Morgan fingerprint density at radius 2 is 2.26 bits per heavy atom. The van der Waals surface area contributed by atoms with Crippen LogP contribution in [0.1, 0.15) is 6.42 Å². The van der Waals surface area contributed by atoms with Crippen LogP contribution in [-0.4, -0.2) is 36.1 Å². The fraction of sp³-hybridized carbons (Fsp3) is 0.417. The number of benzene rings is 1. The summed E-state index contributed by atoms with van der Waals surface area (Å²) in [4.78, 5) is 16.7. The molecule has 0 unspecified atom stereocenters. The number of oxazole rings is 1. The van der Waals surface area contributed by atoms with Crippen molar-refractivity contribution in [2.75, 3.05) is 31.1 Å². The SMILES string of the molecule is O=[N+]([O-])c1ccc2oc(N3CCCNCC3)nc2c1. The molecule has 100 valence electrons. The van der Waals surface area contributed by atoms with Crippen LogP contribution >= 0.6 is 0 Å². The van der Waals surface area contributed by atoms with E-state index >= 15 is 0 Å². The largest absolute Gasteiger partial charge is 0.423 e. The molecule has 0 saturated carbocycles. The summed E-state index contributed by atoms with van der Waals surface area (Å²) >= 11 is 0. The van der Waals surface area contributed by atoms with E-state index in [4.69, 9.17) is 4.42 Å². The number of anilines is 1. The molecule has 0 bridgehead atoms. The van der Waals surface area contributed by atoms with Gasteiger partial charge < -0.3 is 14.6 Å². The third kappa shape index (κ3) is 2.37. The van der Waals surface area contributed by atoms with Gasteiger partial charge in [-0.3, -0.25) is 10.1 Å². The molecule has 1 aromatic heterocycles. The average Bonchev–Trinajstić information content (AvgIpc) is 2.64. The summed E-state index contributed by atoms with van der Waals surface area (Å²) in [5.41, 5.74) is 1.14. The monoisotopic (exact) mass is 262 g/mol. The maximum atomic E-state index is 10.7. The smallest absolute Gasteiger partial charge is 0.298 e. The first-order valence-corrected chi connectivity index (χ1v) is 6.25. The van der Waals surface area contributed by atoms with Crippen LogP contribution in [0.5, 0.6) is 0 Å². The molecule has 0 radical (unpaired) electrons. The number of nitro benzene ring substituents is 1. The average molecular weight is 262 g/mol. The molecule has 2 heterocycles. The lowest BCUT2D eigenvalue weighted by Crippen LogP contribution is -2.27. The molecule has 1 aliphatic rings. The number of non-ortho nitro benzene ring substituents is 1. The molecule has 0 spiro atoms. The fourth-order valence-corrected chi connectivity index (χ4v) is 2.19. The standard InChI is InChI=1S/C12H14N4O3/c17-16(18)9-2-3-11-10(8-9)14-12(19-11)15-6-1-4-13-5-7-15/h2-3,8,13H,1,4-7H2. The summed E-state index contributed by atoms with van der Waals surface area (Å²) in [6.45, 7) is 3.58. The lowest BCUT2D eigenvalue weighted by Gasteiger charge is -2.16. The molecule has 0 amide bonds. The maximum absolute atomic E-state index is 10.7. The van der Waals surface area contributed by atoms with Gasteiger partial charge in [0, 0.05) is 31.8 Å². The van der Waals surface area contributed by atoms with Crippen molar-refractivity contribution in [1.82, 2.24) is 10.3 Å². The lowest BCUT2D eigenvalue weighted by atomic mass is 10.3. The molecule has 0 atom stereocenters. The summed E-state index contributed by atoms with van der Waals surface area (Å²) in [6, 6.07) is 5.01. The number of hydrogen-bond donors (Lipinski definition) is 1. The van der Waals surface area contributed by atoms with Gasteiger partial charge in [0.1, 0.15) is 5.52 Å². The molecule has 1 fully saturated rings. The van der Waals surface area contributed by atoms with E-state index in [9.17, 15) is 10.1 Å². The molecule has 1 N–H and O–H groups in total. The number of rotatable bonds is 2.